The number of amides is 1. The third-order valence-corrected chi connectivity index (χ3v) is 5.81. The minimum absolute atomic E-state index is 0.195. The highest BCUT2D eigenvalue weighted by atomic mass is 16.6. The molecule has 3 heterocycles. The number of carbonyl (C=O) groups is 1. The van der Waals surface area contributed by atoms with Crippen molar-refractivity contribution in [3.63, 3.8) is 0 Å². The molecule has 1 N–H and O–H groups in total. The molecule has 3 aliphatic heterocycles. The molecule has 0 aromatic rings. The predicted octanol–water partition coefficient (Wildman–Crippen LogP) is 3.41. The molecule has 4 rings (SSSR count). The molecular weight excluding hydrogens is 276 g/mol. The van der Waals surface area contributed by atoms with Crippen molar-refractivity contribution in [3.8, 4) is 0 Å². The van der Waals surface area contributed by atoms with Crippen LogP contribution >= 0.6 is 0 Å². The van der Waals surface area contributed by atoms with E-state index in [1.165, 1.54) is 38.8 Å². The van der Waals surface area contributed by atoms with Crippen LogP contribution in [0.1, 0.15) is 59.8 Å². The van der Waals surface area contributed by atoms with Crippen molar-refractivity contribution in [1.82, 2.24) is 10.2 Å². The van der Waals surface area contributed by atoms with E-state index in [1.807, 2.05) is 20.8 Å². The quantitative estimate of drug-likeness (QED) is 0.868. The monoisotopic (exact) mass is 308 g/mol. The molecule has 0 aromatic carbocycles. The predicted molar refractivity (Wildman–Crippen MR) is 87.7 cm³/mol. The second kappa shape index (κ2) is 6.03. The molecule has 4 heteroatoms. The first kappa shape index (κ1) is 16.1. The van der Waals surface area contributed by atoms with Crippen molar-refractivity contribution in [2.24, 2.45) is 17.8 Å². The second-order valence-corrected chi connectivity index (χ2v) is 8.65. The van der Waals surface area contributed by atoms with Gasteiger partial charge >= 0.3 is 6.09 Å². The fraction of sp³-hybridized carbons (Fsp3) is 0.944. The minimum atomic E-state index is -0.420. The summed E-state index contributed by atoms with van der Waals surface area (Å²) in [6.07, 6.45) is 6.38. The number of nitrogens with zero attached hydrogens (tertiary/aromatic N) is 1. The molecule has 2 bridgehead atoms. The van der Waals surface area contributed by atoms with Crippen LogP contribution in [0.5, 0.6) is 0 Å². The Labute approximate surface area is 135 Å². The van der Waals surface area contributed by atoms with E-state index in [9.17, 15) is 4.79 Å². The van der Waals surface area contributed by atoms with E-state index in [-0.39, 0.29) is 12.1 Å². The minimum Gasteiger partial charge on any atom is -0.444 e. The zero-order valence-corrected chi connectivity index (χ0v) is 14.6. The lowest BCUT2D eigenvalue weighted by atomic mass is 9.73. The molecular formula is C18H32N2O2. The molecule has 4 nitrogen and oxygen atoms in total. The Balaban J connectivity index is 1.52. The van der Waals surface area contributed by atoms with Crippen molar-refractivity contribution >= 4 is 6.09 Å². The molecule has 0 spiro atoms. The number of carbonyl (C=O) groups excluding carboxylic acids is 1. The highest BCUT2D eigenvalue weighted by Crippen LogP contribution is 2.49. The number of nitrogens with one attached hydrogen (secondary N) is 1. The summed E-state index contributed by atoms with van der Waals surface area (Å²) in [5.41, 5.74) is -0.420. The molecule has 4 fully saturated rings. The molecule has 0 radical (unpaired) electrons. The van der Waals surface area contributed by atoms with Crippen LogP contribution in [0.15, 0.2) is 0 Å². The molecule has 4 atom stereocenters. The summed E-state index contributed by atoms with van der Waals surface area (Å²) >= 11 is 0. The SMILES string of the molecule is CC(CC1CCC2C3CCN(CC3)C12)NC(=O)OC(C)(C)C. The maximum absolute atomic E-state index is 11.9. The number of alkyl carbamates (subject to hydrolysis) is 1. The topological polar surface area (TPSA) is 41.6 Å². The summed E-state index contributed by atoms with van der Waals surface area (Å²) in [7, 11) is 0. The van der Waals surface area contributed by atoms with Gasteiger partial charge in [0.1, 0.15) is 5.60 Å². The standard InChI is InChI=1S/C18H32N2O2/c1-12(19-17(21)22-18(2,3)4)11-14-5-6-15-13-7-9-20(10-8-13)16(14)15/h12-16H,5-11H2,1-4H3,(H,19,21). The van der Waals surface area contributed by atoms with E-state index in [0.717, 1.165) is 30.2 Å². The van der Waals surface area contributed by atoms with E-state index in [1.54, 1.807) is 0 Å². The fourth-order valence-electron chi connectivity index (χ4n) is 5.11. The summed E-state index contributed by atoms with van der Waals surface area (Å²) in [4.78, 5) is 14.6. The lowest BCUT2D eigenvalue weighted by Gasteiger charge is -2.50. The van der Waals surface area contributed by atoms with Gasteiger partial charge in [-0.15, -0.1) is 0 Å². The van der Waals surface area contributed by atoms with Crippen LogP contribution in [0.2, 0.25) is 0 Å². The van der Waals surface area contributed by atoms with Crippen molar-refractivity contribution in [2.75, 3.05) is 13.1 Å². The number of hydrogen-bond donors (Lipinski definition) is 1. The summed E-state index contributed by atoms with van der Waals surface area (Å²) in [6, 6.07) is 0.982. The second-order valence-electron chi connectivity index (χ2n) is 8.65. The Kier molecular flexibility index (Phi) is 4.41. The average molecular weight is 308 g/mol. The van der Waals surface area contributed by atoms with Crippen LogP contribution in [-0.4, -0.2) is 41.8 Å². The van der Waals surface area contributed by atoms with Crippen LogP contribution in [-0.2, 0) is 4.74 Å². The summed E-state index contributed by atoms with van der Waals surface area (Å²) in [5, 5.41) is 3.02. The Morgan fingerprint density at radius 2 is 1.91 bits per heavy atom. The van der Waals surface area contributed by atoms with Gasteiger partial charge in [-0.25, -0.2) is 4.79 Å². The van der Waals surface area contributed by atoms with Crippen molar-refractivity contribution in [1.29, 1.82) is 0 Å². The molecule has 0 aromatic heterocycles. The van der Waals surface area contributed by atoms with Gasteiger partial charge in [0.2, 0.25) is 0 Å². The van der Waals surface area contributed by atoms with E-state index in [0.29, 0.717) is 0 Å². The number of ether oxygens (including phenoxy) is 1. The maximum atomic E-state index is 11.9. The average Bonchev–Trinajstić information content (AvgIpc) is 2.83. The first-order valence-corrected chi connectivity index (χ1v) is 9.07. The zero-order valence-electron chi connectivity index (χ0n) is 14.6. The third-order valence-electron chi connectivity index (χ3n) is 5.81. The van der Waals surface area contributed by atoms with Gasteiger partial charge in [0.05, 0.1) is 0 Å². The lowest BCUT2D eigenvalue weighted by molar-refractivity contribution is -0.0125. The van der Waals surface area contributed by atoms with Gasteiger partial charge in [0.15, 0.2) is 0 Å². The zero-order chi connectivity index (χ0) is 15.9. The van der Waals surface area contributed by atoms with E-state index in [4.69, 9.17) is 4.74 Å². The Morgan fingerprint density at radius 3 is 2.55 bits per heavy atom. The van der Waals surface area contributed by atoms with Crippen LogP contribution < -0.4 is 5.32 Å². The van der Waals surface area contributed by atoms with Crippen molar-refractivity contribution in [2.45, 2.75) is 77.5 Å². The van der Waals surface area contributed by atoms with Crippen molar-refractivity contribution in [3.05, 3.63) is 0 Å². The van der Waals surface area contributed by atoms with E-state index in [2.05, 4.69) is 17.1 Å². The van der Waals surface area contributed by atoms with Crippen LogP contribution in [0.4, 0.5) is 4.79 Å². The number of piperidine rings is 3. The van der Waals surface area contributed by atoms with E-state index >= 15 is 0 Å². The van der Waals surface area contributed by atoms with Crippen LogP contribution in [0.25, 0.3) is 0 Å². The third kappa shape index (κ3) is 3.42. The lowest BCUT2D eigenvalue weighted by Crippen LogP contribution is -2.55. The molecule has 22 heavy (non-hydrogen) atoms. The molecule has 1 amide bonds. The summed E-state index contributed by atoms with van der Waals surface area (Å²) < 4.78 is 5.37. The Hall–Kier alpha value is -0.770. The van der Waals surface area contributed by atoms with Gasteiger partial charge in [-0.05, 0) is 90.6 Å². The van der Waals surface area contributed by atoms with Gasteiger partial charge in [-0.1, -0.05) is 0 Å². The maximum Gasteiger partial charge on any atom is 0.407 e. The summed E-state index contributed by atoms with van der Waals surface area (Å²) in [6.45, 7) is 10.4. The molecule has 1 saturated carbocycles. The number of fused-ring (bicyclic) bond motifs is 2. The summed E-state index contributed by atoms with van der Waals surface area (Å²) in [5.74, 6) is 2.66. The highest BCUT2D eigenvalue weighted by Gasteiger charge is 2.49. The Bertz CT molecular complexity index is 410. The van der Waals surface area contributed by atoms with E-state index < -0.39 is 5.60 Å². The molecule has 4 aliphatic rings. The molecule has 3 saturated heterocycles. The number of rotatable bonds is 3. The highest BCUT2D eigenvalue weighted by molar-refractivity contribution is 5.68. The molecule has 4 unspecified atom stereocenters. The first-order valence-electron chi connectivity index (χ1n) is 9.07. The van der Waals surface area contributed by atoms with Crippen molar-refractivity contribution < 1.29 is 9.53 Å². The van der Waals surface area contributed by atoms with Gasteiger partial charge in [0.25, 0.3) is 0 Å². The van der Waals surface area contributed by atoms with Gasteiger partial charge < -0.3 is 10.1 Å². The normalized spacial score (nSPS) is 38.5. The first-order chi connectivity index (χ1) is 10.3. The smallest absolute Gasteiger partial charge is 0.407 e. The molecule has 1 aliphatic carbocycles. The van der Waals surface area contributed by atoms with Gasteiger partial charge in [-0.2, -0.15) is 0 Å². The fourth-order valence-corrected chi connectivity index (χ4v) is 5.11. The molecule has 126 valence electrons. The van der Waals surface area contributed by atoms with Crippen LogP contribution in [0, 0.1) is 17.8 Å². The largest absolute Gasteiger partial charge is 0.444 e. The Morgan fingerprint density at radius 1 is 1.23 bits per heavy atom. The van der Waals surface area contributed by atoms with Gasteiger partial charge in [0, 0.05) is 12.1 Å². The van der Waals surface area contributed by atoms with Crippen LogP contribution in [0.3, 0.4) is 0 Å². The van der Waals surface area contributed by atoms with Gasteiger partial charge in [-0.3, -0.25) is 4.90 Å². The number of hydrogen-bond acceptors (Lipinski definition) is 3.